The molecule has 2 aromatic rings. The van der Waals surface area contributed by atoms with Gasteiger partial charge in [-0.25, -0.2) is 0 Å². The number of hydrogen-bond donors (Lipinski definition) is 2. The Morgan fingerprint density at radius 3 is 2.84 bits per heavy atom. The van der Waals surface area contributed by atoms with E-state index in [1.165, 1.54) is 11.1 Å². The zero-order valence-corrected chi connectivity index (χ0v) is 11.5. The summed E-state index contributed by atoms with van der Waals surface area (Å²) >= 11 is 0. The first-order valence-corrected chi connectivity index (χ1v) is 6.64. The molecule has 2 unspecified atom stereocenters. The van der Waals surface area contributed by atoms with Gasteiger partial charge < -0.3 is 10.4 Å². The molecule has 2 atom stereocenters. The van der Waals surface area contributed by atoms with E-state index in [0.717, 1.165) is 17.7 Å². The molecular formula is C15H19N3O. The van der Waals surface area contributed by atoms with Crippen molar-refractivity contribution >= 4 is 5.69 Å². The monoisotopic (exact) mass is 257 g/mol. The van der Waals surface area contributed by atoms with Crippen LogP contribution in [0.5, 0.6) is 5.75 Å². The number of aryl methyl sites for hydroxylation is 2. The second-order valence-electron chi connectivity index (χ2n) is 5.47. The van der Waals surface area contributed by atoms with Crippen molar-refractivity contribution in [2.45, 2.75) is 32.2 Å². The maximum absolute atomic E-state index is 10.2. The molecule has 0 saturated heterocycles. The van der Waals surface area contributed by atoms with Gasteiger partial charge >= 0.3 is 0 Å². The van der Waals surface area contributed by atoms with E-state index >= 15 is 0 Å². The number of benzene rings is 1. The predicted molar refractivity (Wildman–Crippen MR) is 75.4 cm³/mol. The summed E-state index contributed by atoms with van der Waals surface area (Å²) in [5, 5.41) is 17.8. The van der Waals surface area contributed by atoms with E-state index in [0.29, 0.717) is 11.7 Å². The number of aromatic hydroxyl groups is 1. The summed E-state index contributed by atoms with van der Waals surface area (Å²) in [7, 11) is 1.90. The van der Waals surface area contributed by atoms with Gasteiger partial charge in [-0.3, -0.25) is 4.68 Å². The highest BCUT2D eigenvalue weighted by atomic mass is 16.3. The Morgan fingerprint density at radius 2 is 2.16 bits per heavy atom. The molecule has 0 aliphatic heterocycles. The van der Waals surface area contributed by atoms with Crippen LogP contribution in [0, 0.1) is 6.92 Å². The Labute approximate surface area is 113 Å². The third kappa shape index (κ3) is 1.97. The van der Waals surface area contributed by atoms with Crippen LogP contribution in [-0.2, 0) is 7.05 Å². The molecule has 1 aromatic carbocycles. The lowest BCUT2D eigenvalue weighted by Gasteiger charge is -2.15. The highest BCUT2D eigenvalue weighted by Gasteiger charge is 2.32. The smallest absolute Gasteiger partial charge is 0.121 e. The van der Waals surface area contributed by atoms with Crippen LogP contribution in [-0.4, -0.2) is 14.9 Å². The summed E-state index contributed by atoms with van der Waals surface area (Å²) in [6.45, 7) is 4.33. The number of hydrogen-bond acceptors (Lipinski definition) is 3. The zero-order chi connectivity index (χ0) is 13.6. The van der Waals surface area contributed by atoms with Crippen molar-refractivity contribution in [3.05, 3.63) is 41.2 Å². The maximum Gasteiger partial charge on any atom is 0.121 e. The number of nitrogens with zero attached hydrogens (tertiary/aromatic N) is 2. The molecule has 4 nitrogen and oxygen atoms in total. The summed E-state index contributed by atoms with van der Waals surface area (Å²) in [5.74, 6) is 0.864. The number of nitrogens with one attached hydrogen (secondary N) is 1. The largest absolute Gasteiger partial charge is 0.508 e. The molecule has 0 radical (unpaired) electrons. The molecule has 1 aliphatic carbocycles. The topological polar surface area (TPSA) is 50.1 Å². The van der Waals surface area contributed by atoms with Gasteiger partial charge in [-0.15, -0.1) is 0 Å². The van der Waals surface area contributed by atoms with Gasteiger partial charge in [0.1, 0.15) is 5.75 Å². The van der Waals surface area contributed by atoms with E-state index in [1.807, 2.05) is 25.5 Å². The van der Waals surface area contributed by atoms with Crippen molar-refractivity contribution in [2.24, 2.45) is 7.05 Å². The van der Waals surface area contributed by atoms with Gasteiger partial charge in [0, 0.05) is 18.8 Å². The highest BCUT2D eigenvalue weighted by Crippen LogP contribution is 2.47. The minimum absolute atomic E-state index is 0.161. The fourth-order valence-electron chi connectivity index (χ4n) is 3.17. The van der Waals surface area contributed by atoms with E-state index in [9.17, 15) is 5.11 Å². The average Bonchev–Trinajstić information content (AvgIpc) is 2.90. The summed E-state index contributed by atoms with van der Waals surface area (Å²) in [6, 6.07) is 3.95. The van der Waals surface area contributed by atoms with Crippen molar-refractivity contribution in [2.75, 3.05) is 5.32 Å². The minimum Gasteiger partial charge on any atom is -0.508 e. The van der Waals surface area contributed by atoms with Crippen molar-refractivity contribution in [1.82, 2.24) is 9.78 Å². The van der Waals surface area contributed by atoms with Gasteiger partial charge in [0.2, 0.25) is 0 Å². The third-order valence-corrected chi connectivity index (χ3v) is 3.96. The molecule has 1 heterocycles. The van der Waals surface area contributed by atoms with Crippen LogP contribution in [0.25, 0.3) is 0 Å². The average molecular weight is 257 g/mol. The molecule has 19 heavy (non-hydrogen) atoms. The Bertz CT molecular complexity index is 618. The molecule has 0 fully saturated rings. The molecule has 0 spiro atoms. The van der Waals surface area contributed by atoms with Gasteiger partial charge in [0.15, 0.2) is 0 Å². The van der Waals surface area contributed by atoms with Gasteiger partial charge in [0.25, 0.3) is 0 Å². The van der Waals surface area contributed by atoms with Crippen LogP contribution in [0.2, 0.25) is 0 Å². The van der Waals surface area contributed by atoms with Crippen LogP contribution in [0.4, 0.5) is 5.69 Å². The lowest BCUT2D eigenvalue weighted by atomic mass is 9.97. The molecule has 100 valence electrons. The third-order valence-electron chi connectivity index (χ3n) is 3.96. The number of fused-ring (bicyclic) bond motifs is 1. The van der Waals surface area contributed by atoms with Crippen LogP contribution in [0.1, 0.15) is 42.0 Å². The number of anilines is 1. The number of aromatic nitrogens is 2. The van der Waals surface area contributed by atoms with E-state index in [2.05, 4.69) is 24.3 Å². The molecule has 1 aliphatic rings. The van der Waals surface area contributed by atoms with E-state index in [1.54, 1.807) is 10.7 Å². The van der Waals surface area contributed by atoms with Crippen LogP contribution >= 0.6 is 0 Å². The normalized spacial score (nSPS) is 21.4. The van der Waals surface area contributed by atoms with Crippen molar-refractivity contribution in [1.29, 1.82) is 0 Å². The molecule has 3 rings (SSSR count). The second-order valence-corrected chi connectivity index (χ2v) is 5.47. The molecule has 2 N–H and O–H groups in total. The fourth-order valence-corrected chi connectivity index (χ4v) is 3.17. The first-order chi connectivity index (χ1) is 9.06. The molecule has 0 bridgehead atoms. The van der Waals surface area contributed by atoms with Crippen LogP contribution in [0.15, 0.2) is 24.5 Å². The molecule has 0 amide bonds. The Kier molecular flexibility index (Phi) is 2.73. The summed E-state index contributed by atoms with van der Waals surface area (Å²) < 4.78 is 1.78. The SMILES string of the molecule is Cc1ccc(O)c2c1C(C)CC2Nc1cnn(C)c1. The van der Waals surface area contributed by atoms with Crippen molar-refractivity contribution < 1.29 is 5.11 Å². The standard InChI is InChI=1S/C15H19N3O/c1-9-4-5-13(19)15-12(6-10(2)14(9)15)17-11-7-16-18(3)8-11/h4-5,7-8,10,12,17,19H,6H2,1-3H3. The second kappa shape index (κ2) is 4.30. The lowest BCUT2D eigenvalue weighted by Crippen LogP contribution is -2.07. The van der Waals surface area contributed by atoms with E-state index < -0.39 is 0 Å². The number of rotatable bonds is 2. The Morgan fingerprint density at radius 1 is 1.37 bits per heavy atom. The molecule has 1 aromatic heterocycles. The van der Waals surface area contributed by atoms with E-state index in [-0.39, 0.29) is 6.04 Å². The first kappa shape index (κ1) is 12.1. The van der Waals surface area contributed by atoms with Crippen molar-refractivity contribution in [3.8, 4) is 5.75 Å². The van der Waals surface area contributed by atoms with Crippen LogP contribution < -0.4 is 5.32 Å². The number of phenolic OH excluding ortho intramolecular Hbond substituents is 1. The fraction of sp³-hybridized carbons (Fsp3) is 0.400. The Hall–Kier alpha value is -1.97. The van der Waals surface area contributed by atoms with Gasteiger partial charge in [0.05, 0.1) is 17.9 Å². The van der Waals surface area contributed by atoms with Gasteiger partial charge in [-0.2, -0.15) is 5.10 Å². The molecule has 4 heteroatoms. The zero-order valence-electron chi connectivity index (χ0n) is 11.5. The predicted octanol–water partition coefficient (Wildman–Crippen LogP) is 3.09. The minimum atomic E-state index is 0.161. The quantitative estimate of drug-likeness (QED) is 0.869. The Balaban J connectivity index is 1.97. The van der Waals surface area contributed by atoms with Crippen LogP contribution in [0.3, 0.4) is 0 Å². The molecular weight excluding hydrogens is 238 g/mol. The highest BCUT2D eigenvalue weighted by molar-refractivity contribution is 5.54. The van der Waals surface area contributed by atoms with Gasteiger partial charge in [-0.1, -0.05) is 13.0 Å². The summed E-state index contributed by atoms with van der Waals surface area (Å²) in [5.41, 5.74) is 4.60. The maximum atomic E-state index is 10.2. The first-order valence-electron chi connectivity index (χ1n) is 6.64. The number of phenols is 1. The van der Waals surface area contributed by atoms with Crippen molar-refractivity contribution in [3.63, 3.8) is 0 Å². The lowest BCUT2D eigenvalue weighted by molar-refractivity contribution is 0.465. The summed E-state index contributed by atoms with van der Waals surface area (Å²) in [4.78, 5) is 0. The summed E-state index contributed by atoms with van der Waals surface area (Å²) in [6.07, 6.45) is 4.77. The van der Waals surface area contributed by atoms with E-state index in [4.69, 9.17) is 0 Å². The molecule has 0 saturated carbocycles. The van der Waals surface area contributed by atoms with Gasteiger partial charge in [-0.05, 0) is 36.5 Å².